The molecule has 5 heteroatoms. The van der Waals surface area contributed by atoms with Crippen molar-refractivity contribution in [1.82, 2.24) is 4.90 Å². The first-order valence-electron chi connectivity index (χ1n) is 7.12. The van der Waals surface area contributed by atoms with Crippen molar-refractivity contribution in [2.45, 2.75) is 64.8 Å². The number of carbonyl (C=O) groups is 1. The Morgan fingerprint density at radius 3 is 2.47 bits per heavy atom. The molecule has 112 valence electrons. The molecule has 1 heterocycles. The molecule has 1 fully saturated rings. The molecule has 0 bridgehead atoms. The first kappa shape index (κ1) is 16.4. The number of rotatable bonds is 5. The number of carbonyl (C=O) groups excluding carboxylic acids is 1. The fraction of sp³-hybridized carbons (Fsp3) is 0.929. The van der Waals surface area contributed by atoms with Crippen molar-refractivity contribution in [3.63, 3.8) is 0 Å². The minimum absolute atomic E-state index is 0.220. The normalized spacial score (nSPS) is 29.6. The van der Waals surface area contributed by atoms with Crippen molar-refractivity contribution in [2.75, 3.05) is 19.7 Å². The van der Waals surface area contributed by atoms with Gasteiger partial charge in [-0.15, -0.1) is 0 Å². The highest BCUT2D eigenvalue weighted by Crippen LogP contribution is 2.20. The van der Waals surface area contributed by atoms with Crippen LogP contribution in [0.1, 0.15) is 41.0 Å². The van der Waals surface area contributed by atoms with Crippen LogP contribution in [0.2, 0.25) is 0 Å². The van der Waals surface area contributed by atoms with Crippen LogP contribution in [0, 0.1) is 0 Å². The van der Waals surface area contributed by atoms with E-state index in [1.54, 1.807) is 13.8 Å². The average molecular weight is 272 g/mol. The minimum atomic E-state index is -0.930. The first-order valence-corrected chi connectivity index (χ1v) is 7.12. The summed E-state index contributed by atoms with van der Waals surface area (Å²) in [5.41, 5.74) is 5.16. The molecule has 0 saturated carbocycles. The molecule has 0 aliphatic carbocycles. The Bertz CT molecular complexity index is 297. The van der Waals surface area contributed by atoms with Crippen molar-refractivity contribution in [3.05, 3.63) is 0 Å². The van der Waals surface area contributed by atoms with Crippen molar-refractivity contribution >= 4 is 5.97 Å². The zero-order valence-electron chi connectivity index (χ0n) is 12.8. The van der Waals surface area contributed by atoms with Crippen molar-refractivity contribution in [3.8, 4) is 0 Å². The van der Waals surface area contributed by atoms with E-state index in [2.05, 4.69) is 25.7 Å². The average Bonchev–Trinajstić information content (AvgIpc) is 2.27. The van der Waals surface area contributed by atoms with Crippen LogP contribution in [0.25, 0.3) is 0 Å². The highest BCUT2D eigenvalue weighted by molar-refractivity contribution is 5.80. The largest absolute Gasteiger partial charge is 0.465 e. The Kier molecular flexibility index (Phi) is 5.77. The van der Waals surface area contributed by atoms with E-state index >= 15 is 0 Å². The molecule has 2 N–H and O–H groups in total. The molecule has 1 rings (SSSR count). The molecule has 2 unspecified atom stereocenters. The van der Waals surface area contributed by atoms with E-state index in [4.69, 9.17) is 15.2 Å². The summed E-state index contributed by atoms with van der Waals surface area (Å²) in [6.45, 7) is 11.9. The quantitative estimate of drug-likeness (QED) is 0.761. The van der Waals surface area contributed by atoms with Crippen LogP contribution in [-0.2, 0) is 14.3 Å². The van der Waals surface area contributed by atoms with Gasteiger partial charge in [0.1, 0.15) is 5.54 Å². The van der Waals surface area contributed by atoms with Gasteiger partial charge in [-0.1, -0.05) is 0 Å². The maximum Gasteiger partial charge on any atom is 0.325 e. The van der Waals surface area contributed by atoms with Gasteiger partial charge in [0.25, 0.3) is 0 Å². The lowest BCUT2D eigenvalue weighted by Crippen LogP contribution is -2.55. The summed E-state index contributed by atoms with van der Waals surface area (Å²) in [6, 6.07) is 0.230. The van der Waals surface area contributed by atoms with Gasteiger partial charge < -0.3 is 15.2 Å². The predicted octanol–water partition coefficient (Wildman–Crippen LogP) is 1.15. The molecule has 0 amide bonds. The van der Waals surface area contributed by atoms with Crippen molar-refractivity contribution < 1.29 is 14.3 Å². The second kappa shape index (κ2) is 6.68. The van der Waals surface area contributed by atoms with E-state index in [0.29, 0.717) is 13.0 Å². The number of nitrogens with zero attached hydrogens (tertiary/aromatic N) is 1. The van der Waals surface area contributed by atoms with Gasteiger partial charge >= 0.3 is 5.97 Å². The highest BCUT2D eigenvalue weighted by Gasteiger charge is 2.35. The molecule has 0 spiro atoms. The van der Waals surface area contributed by atoms with E-state index in [-0.39, 0.29) is 24.2 Å². The van der Waals surface area contributed by atoms with Gasteiger partial charge in [0.05, 0.1) is 18.8 Å². The molecule has 5 nitrogen and oxygen atoms in total. The van der Waals surface area contributed by atoms with Crippen LogP contribution in [0.3, 0.4) is 0 Å². The molecule has 0 aromatic carbocycles. The van der Waals surface area contributed by atoms with E-state index in [1.165, 1.54) is 0 Å². The van der Waals surface area contributed by atoms with Crippen LogP contribution in [0.15, 0.2) is 0 Å². The summed E-state index contributed by atoms with van der Waals surface area (Å²) >= 11 is 0. The second-order valence-electron chi connectivity index (χ2n) is 5.90. The van der Waals surface area contributed by atoms with Crippen LogP contribution < -0.4 is 5.73 Å². The van der Waals surface area contributed by atoms with Crippen LogP contribution in [-0.4, -0.2) is 54.4 Å². The lowest BCUT2D eigenvalue weighted by Gasteiger charge is -2.40. The predicted molar refractivity (Wildman–Crippen MR) is 74.9 cm³/mol. The fourth-order valence-electron chi connectivity index (χ4n) is 2.70. The number of esters is 1. The molecular formula is C14H28N2O3. The number of morpholine rings is 1. The summed E-state index contributed by atoms with van der Waals surface area (Å²) in [5.74, 6) is -0.323. The maximum atomic E-state index is 11.8. The van der Waals surface area contributed by atoms with Gasteiger partial charge in [-0.3, -0.25) is 9.69 Å². The third kappa shape index (κ3) is 4.75. The van der Waals surface area contributed by atoms with E-state index in [0.717, 1.165) is 13.1 Å². The lowest BCUT2D eigenvalue weighted by molar-refractivity contribution is -0.150. The summed E-state index contributed by atoms with van der Waals surface area (Å²) in [6.07, 6.45) is 1.03. The van der Waals surface area contributed by atoms with Crippen molar-refractivity contribution in [1.29, 1.82) is 0 Å². The highest BCUT2D eigenvalue weighted by atomic mass is 16.5. The number of hydrogen-bond acceptors (Lipinski definition) is 5. The molecule has 1 aliphatic rings. The summed E-state index contributed by atoms with van der Waals surface area (Å²) in [5, 5.41) is 0. The van der Waals surface area contributed by atoms with Gasteiger partial charge in [-0.25, -0.2) is 0 Å². The molecule has 1 aliphatic heterocycles. The lowest BCUT2D eigenvalue weighted by atomic mass is 9.93. The fourth-order valence-corrected chi connectivity index (χ4v) is 2.70. The Hall–Kier alpha value is -0.650. The van der Waals surface area contributed by atoms with Gasteiger partial charge in [-0.2, -0.15) is 0 Å². The summed E-state index contributed by atoms with van der Waals surface area (Å²) in [7, 11) is 0. The Labute approximate surface area is 116 Å². The third-order valence-electron chi connectivity index (χ3n) is 3.53. The van der Waals surface area contributed by atoms with Gasteiger partial charge in [-0.05, 0) is 41.0 Å². The zero-order chi connectivity index (χ0) is 14.6. The van der Waals surface area contributed by atoms with Gasteiger partial charge in [0.2, 0.25) is 0 Å². The molecule has 0 aromatic rings. The van der Waals surface area contributed by atoms with E-state index in [9.17, 15) is 4.79 Å². The molecule has 0 radical (unpaired) electrons. The second-order valence-corrected chi connectivity index (χ2v) is 5.90. The first-order chi connectivity index (χ1) is 8.76. The van der Waals surface area contributed by atoms with Gasteiger partial charge in [0, 0.05) is 19.1 Å². The SMILES string of the molecule is CCOC(=O)C(C)(N)CC(C)N1C[C@@H](C)O[C@@H](C)C1. The molecule has 1 saturated heterocycles. The minimum Gasteiger partial charge on any atom is -0.465 e. The third-order valence-corrected chi connectivity index (χ3v) is 3.53. The smallest absolute Gasteiger partial charge is 0.325 e. The number of hydrogen-bond donors (Lipinski definition) is 1. The standard InChI is InChI=1S/C14H28N2O3/c1-6-18-13(17)14(5,15)7-10(2)16-8-11(3)19-12(4)9-16/h10-12H,6-9,15H2,1-5H3/t10?,11-,12+,14?. The van der Waals surface area contributed by atoms with Crippen LogP contribution >= 0.6 is 0 Å². The molecule has 0 aromatic heterocycles. The number of ether oxygens (including phenoxy) is 2. The molecule has 4 atom stereocenters. The zero-order valence-corrected chi connectivity index (χ0v) is 12.8. The Morgan fingerprint density at radius 2 is 2.00 bits per heavy atom. The Balaban J connectivity index is 2.57. The monoisotopic (exact) mass is 272 g/mol. The van der Waals surface area contributed by atoms with Crippen LogP contribution in [0.4, 0.5) is 0 Å². The molecular weight excluding hydrogens is 244 g/mol. The number of nitrogens with two attached hydrogens (primary N) is 1. The topological polar surface area (TPSA) is 64.8 Å². The molecule has 19 heavy (non-hydrogen) atoms. The Morgan fingerprint density at radius 1 is 1.47 bits per heavy atom. The van der Waals surface area contributed by atoms with Crippen LogP contribution in [0.5, 0.6) is 0 Å². The summed E-state index contributed by atoms with van der Waals surface area (Å²) < 4.78 is 10.7. The van der Waals surface area contributed by atoms with Gasteiger partial charge in [0.15, 0.2) is 0 Å². The summed E-state index contributed by atoms with van der Waals surface area (Å²) in [4.78, 5) is 14.2. The van der Waals surface area contributed by atoms with Crippen molar-refractivity contribution in [2.24, 2.45) is 5.73 Å². The van der Waals surface area contributed by atoms with E-state index < -0.39 is 5.54 Å². The van der Waals surface area contributed by atoms with E-state index in [1.807, 2.05) is 0 Å². The maximum absolute atomic E-state index is 11.8.